The van der Waals surface area contributed by atoms with E-state index < -0.39 is 29.0 Å². The maximum atomic E-state index is 8.59. The Kier molecular flexibility index (Phi) is 8.17. The van der Waals surface area contributed by atoms with Crippen molar-refractivity contribution in [2.75, 3.05) is 17.7 Å². The Balaban J connectivity index is 3.13. The summed E-state index contributed by atoms with van der Waals surface area (Å²) in [6.07, 6.45) is 0. The number of hydrogen-bond acceptors (Lipinski definition) is 4. The van der Waals surface area contributed by atoms with Gasteiger partial charge in [0.2, 0.25) is 0 Å². The predicted molar refractivity (Wildman–Crippen MR) is 32.9 cm³/mol. The first-order valence-electron chi connectivity index (χ1n) is 2.94. The molecular weight excluding hydrogens is 228 g/mol. The molecule has 0 aromatic heterocycles. The second-order valence-electron chi connectivity index (χ2n) is 1.76. The summed E-state index contributed by atoms with van der Waals surface area (Å²) < 4.78 is 10.3. The summed E-state index contributed by atoms with van der Waals surface area (Å²) in [5.41, 5.74) is 0.244. The molecule has 0 aromatic rings. The van der Waals surface area contributed by atoms with Crippen LogP contribution in [0.1, 0.15) is 0 Å². The van der Waals surface area contributed by atoms with Gasteiger partial charge in [0.05, 0.1) is 0 Å². The maximum absolute atomic E-state index is 8.59. The first-order chi connectivity index (χ1) is 5.20. The molecule has 70 valence electrons. The van der Waals surface area contributed by atoms with Crippen LogP contribution < -0.4 is 0 Å². The van der Waals surface area contributed by atoms with Crippen LogP contribution >= 0.6 is 0 Å². The van der Waals surface area contributed by atoms with Crippen molar-refractivity contribution in [2.24, 2.45) is 0 Å². The molecule has 0 aliphatic carbocycles. The van der Waals surface area contributed by atoms with Gasteiger partial charge in [-0.2, -0.15) is 0 Å². The Morgan fingerprint density at radius 2 is 1.36 bits per heavy atom. The van der Waals surface area contributed by atoms with Crippen molar-refractivity contribution in [1.82, 2.24) is 0 Å². The second kappa shape index (κ2) is 7.55. The molecule has 6 heteroatoms. The second-order valence-corrected chi connectivity index (χ2v) is 6.88. The van der Waals surface area contributed by atoms with Crippen molar-refractivity contribution in [3.63, 3.8) is 0 Å². The predicted octanol–water partition coefficient (Wildman–Crippen LogP) is 0.0393. The third-order valence-electron chi connectivity index (χ3n) is 0.862. The van der Waals surface area contributed by atoms with Crippen LogP contribution in [0.15, 0.2) is 0 Å². The first kappa shape index (κ1) is 11.9. The van der Waals surface area contributed by atoms with Crippen LogP contribution in [0, 0.1) is 0 Å². The molecule has 0 bridgehead atoms. The third-order valence-corrected chi connectivity index (χ3v) is 3.55. The Hall–Kier alpha value is 0.905. The van der Waals surface area contributed by atoms with Crippen LogP contribution in [0.25, 0.3) is 0 Å². The number of aliphatic hydroxyl groups is 2. The zero-order valence-corrected chi connectivity index (χ0v) is 9.20. The van der Waals surface area contributed by atoms with Crippen LogP contribution in [-0.2, 0) is 36.5 Å². The van der Waals surface area contributed by atoms with Crippen molar-refractivity contribution in [2.45, 2.75) is 11.6 Å². The molecule has 0 heterocycles. The van der Waals surface area contributed by atoms with E-state index in [1.807, 2.05) is 11.6 Å². The summed E-state index contributed by atoms with van der Waals surface area (Å²) in [6.45, 7) is 0.226. The Labute approximate surface area is 76.2 Å². The van der Waals surface area contributed by atoms with Gasteiger partial charge in [-0.05, 0) is 0 Å². The van der Waals surface area contributed by atoms with Gasteiger partial charge < -0.3 is 0 Å². The molecule has 0 saturated carbocycles. The van der Waals surface area contributed by atoms with Gasteiger partial charge in [0.1, 0.15) is 0 Å². The number of rotatable bonds is 6. The van der Waals surface area contributed by atoms with E-state index in [4.69, 9.17) is 17.8 Å². The fourth-order valence-corrected chi connectivity index (χ4v) is 1.32. The van der Waals surface area contributed by atoms with E-state index >= 15 is 0 Å². The van der Waals surface area contributed by atoms with Crippen molar-refractivity contribution in [1.29, 1.82) is 0 Å². The van der Waals surface area contributed by atoms with Crippen LogP contribution in [0.3, 0.4) is 0 Å². The number of aliphatic hydroxyl groups excluding tert-OH is 2. The minimum absolute atomic E-state index is 0.122. The van der Waals surface area contributed by atoms with Gasteiger partial charge in [0, 0.05) is 0 Å². The minimum atomic E-state index is -1.26. The summed E-state index contributed by atoms with van der Waals surface area (Å²) in [5, 5.41) is 17.2. The molecule has 0 unspecified atom stereocenters. The van der Waals surface area contributed by atoms with Gasteiger partial charge in [-0.1, -0.05) is 0 Å². The van der Waals surface area contributed by atoms with Crippen LogP contribution in [0.2, 0.25) is 11.6 Å². The van der Waals surface area contributed by atoms with Crippen molar-refractivity contribution < 1.29 is 46.8 Å². The van der Waals surface area contributed by atoms with Crippen LogP contribution in [0.4, 0.5) is 0 Å². The molecule has 0 atom stereocenters. The van der Waals surface area contributed by atoms with E-state index in [1.54, 1.807) is 0 Å². The topological polar surface area (TPSA) is 58.9 Å². The zero-order chi connectivity index (χ0) is 8.69. The molecule has 0 saturated heterocycles. The average molecular weight is 242 g/mol. The van der Waals surface area contributed by atoms with E-state index in [-0.39, 0.29) is 17.7 Å². The Morgan fingerprint density at radius 1 is 1.00 bits per heavy atom. The van der Waals surface area contributed by atoms with Crippen molar-refractivity contribution in [3.05, 3.63) is 0 Å². The molecular formula is C5H14Cr2O4. The van der Waals surface area contributed by atoms with Crippen LogP contribution in [0.5, 0.6) is 0 Å². The standard InChI is InChI=1S/CH2O2.2CH3O.2CH3.2Cr/c2-1-3;2*1-2;;;;/h1H2;2*2H,1H2;2*1H3;;/q-2;;;;;2*+1. The number of hydrogen-bond donors (Lipinski definition) is 2. The monoisotopic (exact) mass is 242 g/mol. The summed E-state index contributed by atoms with van der Waals surface area (Å²) >= 11 is -2.53. The molecule has 0 rings (SSSR count). The van der Waals surface area contributed by atoms with Crippen molar-refractivity contribution in [3.8, 4) is 0 Å². The Bertz CT molecular complexity index is 82.6. The fraction of sp³-hybridized carbons (Fsp3) is 1.00. The van der Waals surface area contributed by atoms with Gasteiger partial charge in [0.25, 0.3) is 0 Å². The van der Waals surface area contributed by atoms with E-state index in [0.717, 1.165) is 0 Å². The van der Waals surface area contributed by atoms with Gasteiger partial charge in [0.15, 0.2) is 0 Å². The van der Waals surface area contributed by atoms with E-state index in [2.05, 4.69) is 0 Å². The molecule has 4 nitrogen and oxygen atoms in total. The van der Waals surface area contributed by atoms with Gasteiger partial charge in [-0.3, -0.25) is 0 Å². The normalized spacial score (nSPS) is 11.5. The fourth-order valence-electron chi connectivity index (χ4n) is 0.258. The first-order valence-corrected chi connectivity index (χ1v) is 8.33. The molecule has 0 aliphatic heterocycles. The molecule has 0 aliphatic rings. The molecule has 0 fully saturated rings. The van der Waals surface area contributed by atoms with E-state index in [1.165, 1.54) is 0 Å². The molecule has 0 spiro atoms. The van der Waals surface area contributed by atoms with Gasteiger partial charge in [-0.15, -0.1) is 0 Å². The van der Waals surface area contributed by atoms with E-state index in [0.29, 0.717) is 0 Å². The van der Waals surface area contributed by atoms with Crippen LogP contribution in [-0.4, -0.2) is 27.9 Å². The molecule has 0 amide bonds. The summed E-state index contributed by atoms with van der Waals surface area (Å²) in [4.78, 5) is 0. The van der Waals surface area contributed by atoms with Gasteiger partial charge in [-0.25, -0.2) is 0 Å². The summed E-state index contributed by atoms with van der Waals surface area (Å²) in [6, 6.07) is 0. The molecule has 0 radical (unpaired) electrons. The molecule has 11 heavy (non-hydrogen) atoms. The van der Waals surface area contributed by atoms with Crippen molar-refractivity contribution >= 4 is 0 Å². The zero-order valence-electron chi connectivity index (χ0n) is 6.65. The van der Waals surface area contributed by atoms with Gasteiger partial charge >= 0.3 is 76.1 Å². The summed E-state index contributed by atoms with van der Waals surface area (Å²) in [7, 11) is 0. The Morgan fingerprint density at radius 3 is 1.64 bits per heavy atom. The quantitative estimate of drug-likeness (QED) is 0.646. The summed E-state index contributed by atoms with van der Waals surface area (Å²) in [5.74, 6) is 3.76. The van der Waals surface area contributed by atoms with E-state index in [9.17, 15) is 0 Å². The third kappa shape index (κ3) is 7.27. The molecule has 2 N–H and O–H groups in total. The SMILES string of the molecule is [CH3][Cr]([CH2]O)[O]C[O][Cr]([CH3])[CH2]O. The average Bonchev–Trinajstić information content (AvgIpc) is 2.04. The molecule has 0 aromatic carbocycles.